The minimum absolute atomic E-state index is 0.100. The van der Waals surface area contributed by atoms with Crippen LogP contribution in [0.4, 0.5) is 0 Å². The summed E-state index contributed by atoms with van der Waals surface area (Å²) >= 11 is 0. The monoisotopic (exact) mass is 220 g/mol. The molecule has 0 spiro atoms. The highest BCUT2D eigenvalue weighted by atomic mass is 16.1. The Hall–Kier alpha value is -1.35. The van der Waals surface area contributed by atoms with Gasteiger partial charge in [-0.15, -0.1) is 0 Å². The maximum absolute atomic E-state index is 11.2. The highest BCUT2D eigenvalue weighted by Crippen LogP contribution is 2.16. The van der Waals surface area contributed by atoms with Crippen LogP contribution in [0.3, 0.4) is 0 Å². The molecule has 1 aromatic rings. The summed E-state index contributed by atoms with van der Waals surface area (Å²) in [6.07, 6.45) is 0. The zero-order valence-electron chi connectivity index (χ0n) is 10.4. The third-order valence-electron chi connectivity index (χ3n) is 2.77. The van der Waals surface area contributed by atoms with Gasteiger partial charge in [-0.25, -0.2) is 0 Å². The number of primary amides is 1. The Kier molecular flexibility index (Phi) is 3.70. The van der Waals surface area contributed by atoms with Crippen LogP contribution in [0.15, 0.2) is 24.3 Å². The topological polar surface area (TPSA) is 55.1 Å². The van der Waals surface area contributed by atoms with Crippen LogP contribution in [0.5, 0.6) is 0 Å². The second kappa shape index (κ2) is 4.66. The van der Waals surface area contributed by atoms with E-state index >= 15 is 0 Å². The van der Waals surface area contributed by atoms with Crippen molar-refractivity contribution in [2.24, 2.45) is 5.73 Å². The highest BCUT2D eigenvalue weighted by molar-refractivity contribution is 5.83. The number of carbonyl (C=O) groups excluding carboxylic acids is 1. The zero-order chi connectivity index (χ0) is 12.3. The molecule has 0 bridgehead atoms. The third kappa shape index (κ3) is 3.07. The largest absolute Gasteiger partial charge is 0.368 e. The predicted octanol–water partition coefficient (Wildman–Crippen LogP) is 1.91. The van der Waals surface area contributed by atoms with Gasteiger partial charge in [0.05, 0.1) is 5.54 Å². The van der Waals surface area contributed by atoms with Gasteiger partial charge in [-0.1, -0.05) is 29.8 Å². The molecule has 1 rings (SSSR count). The number of amides is 1. The summed E-state index contributed by atoms with van der Waals surface area (Å²) < 4.78 is 0. The molecule has 0 saturated carbocycles. The molecule has 3 N–H and O–H groups in total. The van der Waals surface area contributed by atoms with E-state index in [1.54, 1.807) is 13.8 Å². The molecular weight excluding hydrogens is 200 g/mol. The van der Waals surface area contributed by atoms with Gasteiger partial charge in [-0.3, -0.25) is 10.1 Å². The lowest BCUT2D eigenvalue weighted by atomic mass is 10.00. The van der Waals surface area contributed by atoms with Crippen LogP contribution in [-0.4, -0.2) is 11.4 Å². The smallest absolute Gasteiger partial charge is 0.237 e. The van der Waals surface area contributed by atoms with Crippen molar-refractivity contribution < 1.29 is 4.79 Å². The molecule has 0 saturated heterocycles. The summed E-state index contributed by atoms with van der Waals surface area (Å²) in [5.74, 6) is -0.341. The van der Waals surface area contributed by atoms with E-state index in [-0.39, 0.29) is 11.9 Å². The number of carbonyl (C=O) groups is 1. The summed E-state index contributed by atoms with van der Waals surface area (Å²) in [5, 5.41) is 3.22. The first kappa shape index (κ1) is 12.7. The fourth-order valence-electron chi connectivity index (χ4n) is 1.55. The molecule has 0 fully saturated rings. The highest BCUT2D eigenvalue weighted by Gasteiger charge is 2.26. The van der Waals surface area contributed by atoms with E-state index in [1.165, 1.54) is 5.56 Å². The Balaban J connectivity index is 2.76. The molecule has 0 aliphatic heterocycles. The standard InChI is InChI=1S/C13H20N2O/c1-9-5-7-11(8-6-9)10(2)15-13(3,4)12(14)16/h5-8,10,15H,1-4H3,(H2,14,16). The van der Waals surface area contributed by atoms with E-state index in [2.05, 4.69) is 36.5 Å². The Labute approximate surface area is 97.0 Å². The molecular formula is C13H20N2O. The van der Waals surface area contributed by atoms with E-state index in [0.717, 1.165) is 5.56 Å². The van der Waals surface area contributed by atoms with Crippen LogP contribution in [-0.2, 0) is 4.79 Å². The van der Waals surface area contributed by atoms with E-state index in [4.69, 9.17) is 5.73 Å². The number of benzene rings is 1. The molecule has 1 unspecified atom stereocenters. The van der Waals surface area contributed by atoms with Gasteiger partial charge in [0.15, 0.2) is 0 Å². The number of aryl methyl sites for hydroxylation is 1. The Morgan fingerprint density at radius 1 is 1.31 bits per heavy atom. The minimum Gasteiger partial charge on any atom is -0.368 e. The van der Waals surface area contributed by atoms with E-state index < -0.39 is 5.54 Å². The molecule has 1 amide bonds. The molecule has 0 heterocycles. The van der Waals surface area contributed by atoms with Gasteiger partial charge in [0.1, 0.15) is 0 Å². The van der Waals surface area contributed by atoms with Crippen molar-refractivity contribution in [2.75, 3.05) is 0 Å². The molecule has 88 valence electrons. The number of hydrogen-bond acceptors (Lipinski definition) is 2. The molecule has 16 heavy (non-hydrogen) atoms. The SMILES string of the molecule is Cc1ccc(C(C)NC(C)(C)C(N)=O)cc1. The van der Waals surface area contributed by atoms with Gasteiger partial charge in [0.25, 0.3) is 0 Å². The summed E-state index contributed by atoms with van der Waals surface area (Å²) in [6.45, 7) is 7.66. The van der Waals surface area contributed by atoms with E-state index in [0.29, 0.717) is 0 Å². The summed E-state index contributed by atoms with van der Waals surface area (Å²) in [7, 11) is 0. The number of hydrogen-bond donors (Lipinski definition) is 2. The maximum Gasteiger partial charge on any atom is 0.237 e. The van der Waals surface area contributed by atoms with Crippen molar-refractivity contribution in [3.05, 3.63) is 35.4 Å². The Morgan fingerprint density at radius 3 is 2.25 bits per heavy atom. The summed E-state index contributed by atoms with van der Waals surface area (Å²) in [4.78, 5) is 11.2. The van der Waals surface area contributed by atoms with E-state index in [9.17, 15) is 4.79 Å². The second-order valence-corrected chi connectivity index (χ2v) is 4.77. The molecule has 3 heteroatoms. The quantitative estimate of drug-likeness (QED) is 0.814. The average Bonchev–Trinajstić information content (AvgIpc) is 2.17. The van der Waals surface area contributed by atoms with E-state index in [1.807, 2.05) is 6.92 Å². The lowest BCUT2D eigenvalue weighted by molar-refractivity contribution is -0.123. The van der Waals surface area contributed by atoms with Gasteiger partial charge in [0.2, 0.25) is 5.91 Å². The van der Waals surface area contributed by atoms with Gasteiger partial charge in [-0.05, 0) is 33.3 Å². The van der Waals surface area contributed by atoms with Crippen molar-refractivity contribution in [1.29, 1.82) is 0 Å². The molecule has 0 aliphatic carbocycles. The lowest BCUT2D eigenvalue weighted by Gasteiger charge is -2.27. The Bertz CT molecular complexity index is 368. The van der Waals surface area contributed by atoms with Crippen molar-refractivity contribution >= 4 is 5.91 Å². The lowest BCUT2D eigenvalue weighted by Crippen LogP contribution is -2.51. The van der Waals surface area contributed by atoms with Crippen LogP contribution in [0.2, 0.25) is 0 Å². The molecule has 0 aromatic heterocycles. The van der Waals surface area contributed by atoms with Crippen LogP contribution >= 0.6 is 0 Å². The summed E-state index contributed by atoms with van der Waals surface area (Å²) in [5.41, 5.74) is 7.01. The van der Waals surface area contributed by atoms with Crippen LogP contribution in [0.25, 0.3) is 0 Å². The van der Waals surface area contributed by atoms with Crippen molar-refractivity contribution in [2.45, 2.75) is 39.3 Å². The molecule has 1 atom stereocenters. The van der Waals surface area contributed by atoms with Crippen LogP contribution in [0, 0.1) is 6.92 Å². The number of nitrogens with two attached hydrogens (primary N) is 1. The van der Waals surface area contributed by atoms with Crippen LogP contribution in [0.1, 0.15) is 37.9 Å². The van der Waals surface area contributed by atoms with Crippen LogP contribution < -0.4 is 11.1 Å². The van der Waals surface area contributed by atoms with Gasteiger partial charge < -0.3 is 5.73 Å². The van der Waals surface area contributed by atoms with Crippen molar-refractivity contribution in [3.63, 3.8) is 0 Å². The Morgan fingerprint density at radius 2 is 1.81 bits per heavy atom. The second-order valence-electron chi connectivity index (χ2n) is 4.77. The van der Waals surface area contributed by atoms with Gasteiger partial charge in [0, 0.05) is 6.04 Å². The number of nitrogens with one attached hydrogen (secondary N) is 1. The molecule has 1 aromatic carbocycles. The fraction of sp³-hybridized carbons (Fsp3) is 0.462. The predicted molar refractivity (Wildman–Crippen MR) is 66.0 cm³/mol. The first-order valence-electron chi connectivity index (χ1n) is 5.47. The molecule has 0 radical (unpaired) electrons. The third-order valence-corrected chi connectivity index (χ3v) is 2.77. The first-order chi connectivity index (χ1) is 7.33. The average molecular weight is 220 g/mol. The summed E-state index contributed by atoms with van der Waals surface area (Å²) in [6, 6.07) is 8.34. The van der Waals surface area contributed by atoms with Crippen molar-refractivity contribution in [1.82, 2.24) is 5.32 Å². The number of rotatable bonds is 4. The minimum atomic E-state index is -0.690. The first-order valence-corrected chi connectivity index (χ1v) is 5.47. The fourth-order valence-corrected chi connectivity index (χ4v) is 1.55. The molecule has 0 aliphatic rings. The van der Waals surface area contributed by atoms with Gasteiger partial charge in [-0.2, -0.15) is 0 Å². The molecule has 3 nitrogen and oxygen atoms in total. The van der Waals surface area contributed by atoms with Gasteiger partial charge >= 0.3 is 0 Å². The normalized spacial score (nSPS) is 13.5. The maximum atomic E-state index is 11.2. The van der Waals surface area contributed by atoms with Crippen molar-refractivity contribution in [3.8, 4) is 0 Å². The zero-order valence-corrected chi connectivity index (χ0v) is 10.4.